The predicted octanol–water partition coefficient (Wildman–Crippen LogP) is 3.67. The number of alkyl halides is 2. The van der Waals surface area contributed by atoms with E-state index < -0.39 is 23.2 Å². The van der Waals surface area contributed by atoms with Crippen LogP contribution >= 0.6 is 0 Å². The molecule has 4 atom stereocenters. The van der Waals surface area contributed by atoms with Crippen molar-refractivity contribution in [3.8, 4) is 0 Å². The lowest BCUT2D eigenvalue weighted by molar-refractivity contribution is -0.242. The Morgan fingerprint density at radius 1 is 1.31 bits per heavy atom. The smallest absolute Gasteiger partial charge is 0.306 e. The van der Waals surface area contributed by atoms with Crippen molar-refractivity contribution in [3.05, 3.63) is 35.4 Å². The van der Waals surface area contributed by atoms with Crippen LogP contribution in [0.4, 0.5) is 8.78 Å². The van der Waals surface area contributed by atoms with Crippen molar-refractivity contribution in [3.63, 3.8) is 0 Å². The summed E-state index contributed by atoms with van der Waals surface area (Å²) in [6.07, 6.45) is -0.339. The fourth-order valence-corrected chi connectivity index (χ4v) is 5.49. The first-order valence-electron chi connectivity index (χ1n) is 9.29. The van der Waals surface area contributed by atoms with Crippen molar-refractivity contribution in [2.75, 3.05) is 20.1 Å². The van der Waals surface area contributed by atoms with Gasteiger partial charge in [-0.2, -0.15) is 5.26 Å². The second kappa shape index (κ2) is 5.99. The highest BCUT2D eigenvalue weighted by molar-refractivity contribution is 5.83. The Morgan fingerprint density at radius 2 is 1.96 bits per heavy atom. The van der Waals surface area contributed by atoms with Gasteiger partial charge in [-0.1, -0.05) is 24.3 Å². The number of hydrogen-bond donors (Lipinski definition) is 1. The van der Waals surface area contributed by atoms with E-state index in [4.69, 9.17) is 5.26 Å². The summed E-state index contributed by atoms with van der Waals surface area (Å²) < 4.78 is 27.8. The first-order chi connectivity index (χ1) is 12.3. The van der Waals surface area contributed by atoms with E-state index in [2.05, 4.69) is 16.8 Å². The van der Waals surface area contributed by atoms with Gasteiger partial charge in [0.2, 0.25) is 5.92 Å². The van der Waals surface area contributed by atoms with Gasteiger partial charge in [-0.05, 0) is 55.2 Å². The molecule has 1 heterocycles. The number of nitrogens with zero attached hydrogens (tertiary/aromatic N) is 1. The number of rotatable bonds is 4. The molecular weight excluding hydrogens is 340 g/mol. The van der Waals surface area contributed by atoms with Gasteiger partial charge >= 0.3 is 5.97 Å². The number of halogens is 2. The van der Waals surface area contributed by atoms with E-state index in [-0.39, 0.29) is 19.3 Å². The van der Waals surface area contributed by atoms with Gasteiger partial charge in [-0.3, -0.25) is 0 Å². The van der Waals surface area contributed by atoms with Crippen LogP contribution in [0.5, 0.6) is 0 Å². The maximum Gasteiger partial charge on any atom is 0.352 e. The molecule has 1 N–H and O–H groups in total. The van der Waals surface area contributed by atoms with Crippen LogP contribution in [0.2, 0.25) is 0 Å². The maximum atomic E-state index is 13.9. The van der Waals surface area contributed by atoms with Crippen molar-refractivity contribution in [1.82, 2.24) is 4.90 Å². The molecule has 1 aromatic carbocycles. The molecule has 0 aromatic heterocycles. The van der Waals surface area contributed by atoms with Crippen LogP contribution in [0.15, 0.2) is 24.3 Å². The minimum absolute atomic E-state index is 0.229. The molecule has 3 aliphatic rings. The molecule has 26 heavy (non-hydrogen) atoms. The summed E-state index contributed by atoms with van der Waals surface area (Å²) in [6, 6.07) is 7.62. The first kappa shape index (κ1) is 17.9. The number of fused-ring (bicyclic) bond motifs is 1. The van der Waals surface area contributed by atoms with Crippen LogP contribution in [-0.4, -0.2) is 42.2 Å². The minimum Gasteiger partial charge on any atom is -0.306 e. The average molecular weight is 365 g/mol. The molecule has 1 saturated heterocycles. The van der Waals surface area contributed by atoms with Gasteiger partial charge in [-0.15, -0.1) is 0 Å². The van der Waals surface area contributed by atoms with Gasteiger partial charge in [0.25, 0.3) is 0 Å². The number of piperidine rings is 1. The molecule has 142 valence electrons. The third-order valence-corrected chi connectivity index (χ3v) is 6.98. The Morgan fingerprint density at radius 3 is 2.54 bits per heavy atom. The molecule has 2 saturated carbocycles. The lowest BCUT2D eigenvalue weighted by Crippen LogP contribution is -2.42. The first-order valence-corrected chi connectivity index (χ1v) is 9.29. The molecule has 0 amide bonds. The lowest BCUT2D eigenvalue weighted by Gasteiger charge is -2.34. The van der Waals surface area contributed by atoms with E-state index in [0.717, 1.165) is 24.2 Å². The number of hydrogen-bond acceptors (Lipinski definition) is 4. The summed E-state index contributed by atoms with van der Waals surface area (Å²) in [5.74, 6) is -2.69. The molecule has 3 fully saturated rings. The Balaban J connectivity index is 1.73. The summed E-state index contributed by atoms with van der Waals surface area (Å²) in [6.45, 7) is 3.69. The molecule has 4 nitrogen and oxygen atoms in total. The predicted molar refractivity (Wildman–Crippen MR) is 92.0 cm³/mol. The Bertz CT molecular complexity index is 713. The van der Waals surface area contributed by atoms with Crippen LogP contribution in [-0.2, 0) is 15.1 Å². The van der Waals surface area contributed by atoms with Crippen molar-refractivity contribution in [1.29, 1.82) is 0 Å². The fraction of sp³-hybridized carbons (Fsp3) is 0.650. The standard InChI is InChI=1S/C20H25F2NO3/c1-19(18(24)26-25,12-7-8-20(21,22)9-12)16-6-4-3-5-13(16)17-14-10-23(2)11-15(14)17/h3-6,12,14-15,17,25H,7-11H2,1-2H3. The zero-order valence-electron chi connectivity index (χ0n) is 15.1. The van der Waals surface area contributed by atoms with Crippen molar-refractivity contribution in [2.45, 2.75) is 43.4 Å². The van der Waals surface area contributed by atoms with Gasteiger partial charge in [0.05, 0.1) is 5.41 Å². The minimum atomic E-state index is -2.77. The van der Waals surface area contributed by atoms with E-state index >= 15 is 0 Å². The van der Waals surface area contributed by atoms with E-state index in [9.17, 15) is 13.6 Å². The molecule has 1 aromatic rings. The normalized spacial score (nSPS) is 35.0. The molecule has 2 aliphatic carbocycles. The lowest BCUT2D eigenvalue weighted by atomic mass is 9.68. The SMILES string of the molecule is CN1CC2C(C1)C2c1ccccc1C(C)(C(=O)OO)C1CCC(F)(F)C1. The third kappa shape index (κ3) is 2.65. The van der Waals surface area contributed by atoms with Crippen LogP contribution in [0.3, 0.4) is 0 Å². The Kier molecular flexibility index (Phi) is 4.12. The van der Waals surface area contributed by atoms with Crippen LogP contribution < -0.4 is 0 Å². The summed E-state index contributed by atoms with van der Waals surface area (Å²) in [5, 5.41) is 9.12. The number of likely N-dealkylation sites (tertiary alicyclic amines) is 1. The molecule has 0 radical (unpaired) electrons. The zero-order chi connectivity index (χ0) is 18.7. The van der Waals surface area contributed by atoms with Gasteiger partial charge in [-0.25, -0.2) is 13.6 Å². The monoisotopic (exact) mass is 365 g/mol. The van der Waals surface area contributed by atoms with E-state index in [1.807, 2.05) is 24.3 Å². The molecule has 6 heteroatoms. The van der Waals surface area contributed by atoms with Crippen molar-refractivity contribution >= 4 is 5.97 Å². The highest BCUT2D eigenvalue weighted by Crippen LogP contribution is 2.60. The molecule has 0 spiro atoms. The summed E-state index contributed by atoms with van der Waals surface area (Å²) >= 11 is 0. The summed E-state index contributed by atoms with van der Waals surface area (Å²) in [5.41, 5.74) is 0.524. The highest BCUT2D eigenvalue weighted by atomic mass is 19.3. The summed E-state index contributed by atoms with van der Waals surface area (Å²) in [7, 11) is 2.10. The van der Waals surface area contributed by atoms with Crippen LogP contribution in [0.1, 0.15) is 43.2 Å². The van der Waals surface area contributed by atoms with Gasteiger partial charge < -0.3 is 9.79 Å². The van der Waals surface area contributed by atoms with Gasteiger partial charge in [0.1, 0.15) is 0 Å². The molecule has 4 unspecified atom stereocenters. The summed E-state index contributed by atoms with van der Waals surface area (Å²) in [4.78, 5) is 19.0. The van der Waals surface area contributed by atoms with Gasteiger partial charge in [0.15, 0.2) is 0 Å². The molecule has 4 rings (SSSR count). The third-order valence-electron chi connectivity index (χ3n) is 6.98. The number of benzene rings is 1. The largest absolute Gasteiger partial charge is 0.352 e. The zero-order valence-corrected chi connectivity index (χ0v) is 15.1. The molecular formula is C20H25F2NO3. The average Bonchev–Trinajstić information content (AvgIpc) is 2.92. The second-order valence-electron chi connectivity index (χ2n) is 8.54. The van der Waals surface area contributed by atoms with E-state index in [1.165, 1.54) is 0 Å². The fourth-order valence-electron chi connectivity index (χ4n) is 5.49. The van der Waals surface area contributed by atoms with E-state index in [1.54, 1.807) is 6.92 Å². The topological polar surface area (TPSA) is 49.8 Å². The second-order valence-corrected chi connectivity index (χ2v) is 8.54. The Hall–Kier alpha value is -1.53. The highest BCUT2D eigenvalue weighted by Gasteiger charge is 2.59. The number of carbonyl (C=O) groups excluding carboxylic acids is 1. The Labute approximate surface area is 152 Å². The van der Waals surface area contributed by atoms with Crippen LogP contribution in [0.25, 0.3) is 0 Å². The van der Waals surface area contributed by atoms with Crippen molar-refractivity contribution < 1.29 is 23.7 Å². The van der Waals surface area contributed by atoms with Crippen molar-refractivity contribution in [2.24, 2.45) is 17.8 Å². The molecule has 0 bridgehead atoms. The van der Waals surface area contributed by atoms with Gasteiger partial charge in [0, 0.05) is 25.9 Å². The molecule has 1 aliphatic heterocycles. The number of carbonyl (C=O) groups is 1. The van der Waals surface area contributed by atoms with E-state index in [0.29, 0.717) is 17.8 Å². The maximum absolute atomic E-state index is 13.9. The quantitative estimate of drug-likeness (QED) is 0.653. The van der Waals surface area contributed by atoms with Crippen LogP contribution in [0, 0.1) is 17.8 Å².